The number of aliphatic carboxylic acids is 1. The van der Waals surface area contributed by atoms with Crippen LogP contribution in [0, 0.1) is 17.2 Å². The summed E-state index contributed by atoms with van der Waals surface area (Å²) in [6, 6.07) is 13.1. The summed E-state index contributed by atoms with van der Waals surface area (Å²) in [7, 11) is 0. The Labute approximate surface area is 210 Å². The summed E-state index contributed by atoms with van der Waals surface area (Å²) in [6.07, 6.45) is 2.62. The lowest BCUT2D eigenvalue weighted by Gasteiger charge is -2.38. The summed E-state index contributed by atoms with van der Waals surface area (Å²) in [5.74, 6) is -0.684. The molecule has 2 aliphatic heterocycles. The topological polar surface area (TPSA) is 87.2 Å². The molecule has 2 fully saturated rings. The number of carbonyl (C=O) groups excluding carboxylic acids is 2. The minimum absolute atomic E-state index is 0.0516. The molecule has 192 valence electrons. The number of rotatable bonds is 8. The number of ether oxygens (including phenoxy) is 1. The van der Waals surface area contributed by atoms with Crippen LogP contribution in [0.5, 0.6) is 5.75 Å². The standard InChI is InChI=1S/C28H33FN2O5/c1-19(2)17-31-23(14-20-6-8-22(29)9-7-20)16-28(27(31)35)10-12-30(13-11-28)26(34)21-4-3-5-24(15-21)36-18-25(32)33/h3-9,15,19,23H,10-14,16-18H2,1-2H3,(H,32,33). The fourth-order valence-corrected chi connectivity index (χ4v) is 5.42. The second-order valence-electron chi connectivity index (χ2n) is 10.3. The zero-order chi connectivity index (χ0) is 25.9. The normalized spacial score (nSPS) is 19.2. The number of amides is 2. The molecule has 36 heavy (non-hydrogen) atoms. The van der Waals surface area contributed by atoms with Crippen LogP contribution in [0.4, 0.5) is 4.39 Å². The van der Waals surface area contributed by atoms with E-state index in [2.05, 4.69) is 13.8 Å². The van der Waals surface area contributed by atoms with Gasteiger partial charge in [0, 0.05) is 31.2 Å². The highest BCUT2D eigenvalue weighted by Crippen LogP contribution is 2.45. The number of piperidine rings is 1. The van der Waals surface area contributed by atoms with Gasteiger partial charge >= 0.3 is 5.97 Å². The molecule has 1 atom stereocenters. The molecule has 0 radical (unpaired) electrons. The molecular weight excluding hydrogens is 463 g/mol. The van der Waals surface area contributed by atoms with Crippen molar-refractivity contribution in [1.82, 2.24) is 9.80 Å². The van der Waals surface area contributed by atoms with Gasteiger partial charge in [0.1, 0.15) is 11.6 Å². The van der Waals surface area contributed by atoms with Crippen LogP contribution in [0.15, 0.2) is 48.5 Å². The van der Waals surface area contributed by atoms with E-state index in [1.54, 1.807) is 41.3 Å². The second kappa shape index (κ2) is 10.7. The van der Waals surface area contributed by atoms with Gasteiger partial charge in [-0.25, -0.2) is 9.18 Å². The number of halogens is 1. The molecular formula is C28H33FN2O5. The van der Waals surface area contributed by atoms with E-state index in [9.17, 15) is 18.8 Å². The number of nitrogens with zero attached hydrogens (tertiary/aromatic N) is 2. The lowest BCUT2D eigenvalue weighted by atomic mass is 9.75. The quantitative estimate of drug-likeness (QED) is 0.597. The minimum Gasteiger partial charge on any atom is -0.482 e. The van der Waals surface area contributed by atoms with Gasteiger partial charge in [-0.2, -0.15) is 0 Å². The molecule has 7 nitrogen and oxygen atoms in total. The third-order valence-electron chi connectivity index (χ3n) is 7.18. The van der Waals surface area contributed by atoms with Crippen LogP contribution >= 0.6 is 0 Å². The maximum atomic E-state index is 13.7. The Morgan fingerprint density at radius 1 is 1.14 bits per heavy atom. The maximum absolute atomic E-state index is 13.7. The number of carbonyl (C=O) groups is 3. The molecule has 1 spiro atoms. The van der Waals surface area contributed by atoms with Crippen molar-refractivity contribution in [2.24, 2.45) is 11.3 Å². The largest absolute Gasteiger partial charge is 0.482 e. The zero-order valence-electron chi connectivity index (χ0n) is 20.8. The maximum Gasteiger partial charge on any atom is 0.341 e. The third-order valence-corrected chi connectivity index (χ3v) is 7.18. The smallest absolute Gasteiger partial charge is 0.341 e. The number of carboxylic acids is 1. The number of benzene rings is 2. The number of likely N-dealkylation sites (tertiary alicyclic amines) is 2. The lowest BCUT2D eigenvalue weighted by molar-refractivity contribution is -0.140. The Morgan fingerprint density at radius 2 is 1.83 bits per heavy atom. The van der Waals surface area contributed by atoms with Crippen molar-refractivity contribution in [2.45, 2.75) is 45.6 Å². The van der Waals surface area contributed by atoms with Crippen molar-refractivity contribution >= 4 is 17.8 Å². The van der Waals surface area contributed by atoms with Crippen molar-refractivity contribution in [1.29, 1.82) is 0 Å². The third kappa shape index (κ3) is 5.69. The van der Waals surface area contributed by atoms with Crippen LogP contribution in [-0.4, -0.2) is 65.0 Å². The van der Waals surface area contributed by atoms with Crippen molar-refractivity contribution in [2.75, 3.05) is 26.2 Å². The molecule has 2 heterocycles. The summed E-state index contributed by atoms with van der Waals surface area (Å²) >= 11 is 0. The Bertz CT molecular complexity index is 1110. The van der Waals surface area contributed by atoms with Gasteiger partial charge in [0.05, 0.1) is 5.41 Å². The molecule has 0 bridgehead atoms. The fourth-order valence-electron chi connectivity index (χ4n) is 5.42. The molecule has 1 N–H and O–H groups in total. The summed E-state index contributed by atoms with van der Waals surface area (Å²) in [6.45, 7) is 5.36. The molecule has 2 aromatic carbocycles. The average molecular weight is 497 g/mol. The molecule has 2 aromatic rings. The van der Waals surface area contributed by atoms with E-state index >= 15 is 0 Å². The molecule has 0 aliphatic carbocycles. The zero-order valence-corrected chi connectivity index (χ0v) is 20.8. The Hall–Kier alpha value is -3.42. The summed E-state index contributed by atoms with van der Waals surface area (Å²) < 4.78 is 18.6. The highest BCUT2D eigenvalue weighted by Gasteiger charge is 2.52. The first-order valence-corrected chi connectivity index (χ1v) is 12.5. The van der Waals surface area contributed by atoms with E-state index < -0.39 is 18.0 Å². The van der Waals surface area contributed by atoms with Crippen LogP contribution in [0.3, 0.4) is 0 Å². The lowest BCUT2D eigenvalue weighted by Crippen LogP contribution is -2.47. The summed E-state index contributed by atoms with van der Waals surface area (Å²) in [5.41, 5.74) is 0.961. The predicted octanol–water partition coefficient (Wildman–Crippen LogP) is 4.01. The van der Waals surface area contributed by atoms with Gasteiger partial charge < -0.3 is 19.6 Å². The van der Waals surface area contributed by atoms with Crippen molar-refractivity contribution in [3.63, 3.8) is 0 Å². The van der Waals surface area contributed by atoms with Crippen molar-refractivity contribution < 1.29 is 28.6 Å². The van der Waals surface area contributed by atoms with E-state index in [0.29, 0.717) is 56.1 Å². The summed E-state index contributed by atoms with van der Waals surface area (Å²) in [4.78, 5) is 41.4. The van der Waals surface area contributed by atoms with Gasteiger partial charge in [-0.15, -0.1) is 0 Å². The SMILES string of the molecule is CC(C)CN1C(=O)C2(CCN(C(=O)c3cccc(OCC(=O)O)c3)CC2)CC1Cc1ccc(F)cc1. The van der Waals surface area contributed by atoms with Crippen LogP contribution in [0.2, 0.25) is 0 Å². The molecule has 8 heteroatoms. The van der Waals surface area contributed by atoms with E-state index in [1.165, 1.54) is 12.1 Å². The number of carboxylic acid groups (broad SMARTS) is 1. The first-order chi connectivity index (χ1) is 17.2. The van der Waals surface area contributed by atoms with Gasteiger partial charge in [0.25, 0.3) is 5.91 Å². The monoisotopic (exact) mass is 496 g/mol. The van der Waals surface area contributed by atoms with E-state index in [-0.39, 0.29) is 23.7 Å². The van der Waals surface area contributed by atoms with Gasteiger partial charge in [-0.1, -0.05) is 32.0 Å². The Morgan fingerprint density at radius 3 is 2.47 bits per heavy atom. The van der Waals surface area contributed by atoms with Gasteiger partial charge in [0.15, 0.2) is 6.61 Å². The Balaban J connectivity index is 1.44. The number of hydrogen-bond donors (Lipinski definition) is 1. The highest BCUT2D eigenvalue weighted by atomic mass is 19.1. The van der Waals surface area contributed by atoms with Gasteiger partial charge in [-0.3, -0.25) is 9.59 Å². The van der Waals surface area contributed by atoms with Crippen LogP contribution in [0.1, 0.15) is 49.0 Å². The van der Waals surface area contributed by atoms with Crippen LogP contribution in [-0.2, 0) is 16.0 Å². The summed E-state index contributed by atoms with van der Waals surface area (Å²) in [5, 5.41) is 8.81. The van der Waals surface area contributed by atoms with Crippen molar-refractivity contribution in [3.8, 4) is 5.75 Å². The molecule has 0 saturated carbocycles. The molecule has 1 unspecified atom stereocenters. The molecule has 0 aromatic heterocycles. The van der Waals surface area contributed by atoms with Crippen LogP contribution in [0.25, 0.3) is 0 Å². The van der Waals surface area contributed by atoms with E-state index in [1.807, 2.05) is 4.90 Å². The number of hydrogen-bond acceptors (Lipinski definition) is 4. The molecule has 2 amide bonds. The minimum atomic E-state index is -1.08. The van der Waals surface area contributed by atoms with Gasteiger partial charge in [-0.05, 0) is 67.5 Å². The molecule has 2 aliphatic rings. The van der Waals surface area contributed by atoms with E-state index in [4.69, 9.17) is 9.84 Å². The fraction of sp³-hybridized carbons (Fsp3) is 0.464. The molecule has 2 saturated heterocycles. The first-order valence-electron chi connectivity index (χ1n) is 12.5. The molecule has 4 rings (SSSR count). The van der Waals surface area contributed by atoms with Crippen LogP contribution < -0.4 is 4.74 Å². The predicted molar refractivity (Wildman–Crippen MR) is 132 cm³/mol. The average Bonchev–Trinajstić information content (AvgIpc) is 3.09. The Kier molecular flexibility index (Phi) is 7.62. The van der Waals surface area contributed by atoms with Gasteiger partial charge in [0.2, 0.25) is 5.91 Å². The second-order valence-corrected chi connectivity index (χ2v) is 10.3. The van der Waals surface area contributed by atoms with Crippen molar-refractivity contribution in [3.05, 3.63) is 65.5 Å². The highest BCUT2D eigenvalue weighted by molar-refractivity contribution is 5.95. The van der Waals surface area contributed by atoms with E-state index in [0.717, 1.165) is 12.0 Å². The first kappa shape index (κ1) is 25.7.